The molecule has 1 atom stereocenters. The van der Waals surface area contributed by atoms with Gasteiger partial charge in [-0.1, -0.05) is 6.08 Å². The molecule has 1 N–H and O–H groups in total. The Hall–Kier alpha value is -1.64. The third-order valence-corrected chi connectivity index (χ3v) is 5.28. The van der Waals surface area contributed by atoms with Crippen LogP contribution < -0.4 is 5.32 Å². The van der Waals surface area contributed by atoms with Crippen LogP contribution in [-0.4, -0.2) is 43.8 Å². The summed E-state index contributed by atoms with van der Waals surface area (Å²) in [5, 5.41) is 4.78. The topological polar surface area (TPSA) is 67.9 Å². The van der Waals surface area contributed by atoms with Gasteiger partial charge in [0.1, 0.15) is 6.61 Å². The first-order valence-corrected chi connectivity index (χ1v) is 8.96. The lowest BCUT2D eigenvalue weighted by Crippen LogP contribution is -2.47. The Morgan fingerprint density at radius 1 is 1.54 bits per heavy atom. The highest BCUT2D eigenvalue weighted by Crippen LogP contribution is 2.35. The number of esters is 1. The molecule has 0 saturated carbocycles. The first-order valence-electron chi connectivity index (χ1n) is 7.29. The van der Waals surface area contributed by atoms with Crippen molar-refractivity contribution in [2.45, 2.75) is 13.0 Å². The van der Waals surface area contributed by atoms with Crippen molar-refractivity contribution in [2.24, 2.45) is 0 Å². The number of carbonyl (C=O) groups excluding carboxylic acids is 2. The van der Waals surface area contributed by atoms with E-state index in [1.165, 1.54) is 23.3 Å². The minimum atomic E-state index is -0.537. The number of rotatable bonds is 7. The van der Waals surface area contributed by atoms with Crippen molar-refractivity contribution < 1.29 is 19.1 Å². The van der Waals surface area contributed by atoms with Crippen molar-refractivity contribution in [3.05, 3.63) is 44.7 Å². The molecule has 2 amide bonds. The highest BCUT2D eigenvalue weighted by Gasteiger charge is 2.36. The molecule has 0 bridgehead atoms. The van der Waals surface area contributed by atoms with Crippen LogP contribution in [0, 0.1) is 0 Å². The minimum absolute atomic E-state index is 0.155. The van der Waals surface area contributed by atoms with E-state index in [1.807, 2.05) is 11.4 Å². The summed E-state index contributed by atoms with van der Waals surface area (Å²) in [5.74, 6) is -0.465. The number of nitrogens with zero attached hydrogens (tertiary/aromatic N) is 1. The van der Waals surface area contributed by atoms with Gasteiger partial charge < -0.3 is 14.8 Å². The maximum Gasteiger partial charge on any atom is 0.338 e. The number of carbonyl (C=O) groups is 2. The van der Waals surface area contributed by atoms with Gasteiger partial charge in [-0.2, -0.15) is 0 Å². The molecule has 2 rings (SSSR count). The molecule has 8 heteroatoms. The molecule has 1 aliphatic heterocycles. The van der Waals surface area contributed by atoms with E-state index in [-0.39, 0.29) is 12.6 Å². The number of thiophene rings is 1. The summed E-state index contributed by atoms with van der Waals surface area (Å²) in [4.78, 5) is 27.3. The van der Waals surface area contributed by atoms with Crippen LogP contribution in [0.5, 0.6) is 0 Å². The number of nitrogens with one attached hydrogen (secondary N) is 1. The van der Waals surface area contributed by atoms with Crippen molar-refractivity contribution in [1.29, 1.82) is 0 Å². The number of hydrogen-bond donors (Lipinski definition) is 1. The summed E-state index contributed by atoms with van der Waals surface area (Å²) >= 11 is 4.86. The Balaban J connectivity index is 2.39. The van der Waals surface area contributed by atoms with Gasteiger partial charge in [0.05, 0.1) is 18.2 Å². The molecule has 0 aliphatic carbocycles. The van der Waals surface area contributed by atoms with Gasteiger partial charge in [-0.15, -0.1) is 17.9 Å². The molecular formula is C16H19BrN2O4S. The van der Waals surface area contributed by atoms with Crippen LogP contribution in [0.1, 0.15) is 17.8 Å². The maximum atomic E-state index is 12.6. The molecule has 0 radical (unpaired) electrons. The predicted octanol–water partition coefficient (Wildman–Crippen LogP) is 3.23. The Bertz CT molecular complexity index is 671. The lowest BCUT2D eigenvalue weighted by molar-refractivity contribution is -0.140. The summed E-state index contributed by atoms with van der Waals surface area (Å²) in [5.41, 5.74) is 0.984. The fourth-order valence-corrected chi connectivity index (χ4v) is 3.89. The largest absolute Gasteiger partial charge is 0.460 e. The van der Waals surface area contributed by atoms with Crippen LogP contribution in [0.25, 0.3) is 0 Å². The van der Waals surface area contributed by atoms with Crippen molar-refractivity contribution in [2.75, 3.05) is 26.9 Å². The molecule has 0 spiro atoms. The van der Waals surface area contributed by atoms with Gasteiger partial charge in [-0.3, -0.25) is 4.90 Å². The molecule has 0 unspecified atom stereocenters. The van der Waals surface area contributed by atoms with Crippen LogP contribution >= 0.6 is 27.3 Å². The molecule has 0 fully saturated rings. The van der Waals surface area contributed by atoms with Crippen LogP contribution in [-0.2, 0) is 14.3 Å². The van der Waals surface area contributed by atoms with Gasteiger partial charge in [0.25, 0.3) is 0 Å². The summed E-state index contributed by atoms with van der Waals surface area (Å²) in [6, 6.07) is 1.08. The second-order valence-electron chi connectivity index (χ2n) is 5.08. The van der Waals surface area contributed by atoms with Gasteiger partial charge in [-0.25, -0.2) is 9.59 Å². The number of amides is 2. The molecule has 2 heterocycles. The Kier molecular flexibility index (Phi) is 6.59. The van der Waals surface area contributed by atoms with E-state index >= 15 is 0 Å². The maximum absolute atomic E-state index is 12.6. The van der Waals surface area contributed by atoms with Gasteiger partial charge in [0.15, 0.2) is 0 Å². The first-order chi connectivity index (χ1) is 11.5. The average molecular weight is 415 g/mol. The molecule has 0 aromatic carbocycles. The fraction of sp³-hybridized carbons (Fsp3) is 0.375. The van der Waals surface area contributed by atoms with E-state index in [4.69, 9.17) is 9.47 Å². The SMILES string of the molecule is C=CCN1C(=O)N[C@H](c2cc(Br)cs2)C(C(=O)OCCOC)=C1C. The zero-order chi connectivity index (χ0) is 17.7. The fourth-order valence-electron chi connectivity index (χ4n) is 2.38. The number of methoxy groups -OCH3 is 1. The van der Waals surface area contributed by atoms with Crippen molar-refractivity contribution in [3.63, 3.8) is 0 Å². The third-order valence-electron chi connectivity index (χ3n) is 3.52. The molecule has 130 valence electrons. The molecule has 6 nitrogen and oxygen atoms in total. The van der Waals surface area contributed by atoms with Crippen LogP contribution in [0.15, 0.2) is 39.8 Å². The van der Waals surface area contributed by atoms with E-state index in [1.54, 1.807) is 13.0 Å². The first kappa shape index (κ1) is 18.7. The molecular weight excluding hydrogens is 396 g/mol. The van der Waals surface area contributed by atoms with E-state index in [0.717, 1.165) is 9.35 Å². The van der Waals surface area contributed by atoms with E-state index in [2.05, 4.69) is 27.8 Å². The Morgan fingerprint density at radius 3 is 2.88 bits per heavy atom. The average Bonchev–Trinajstić information content (AvgIpc) is 2.97. The smallest absolute Gasteiger partial charge is 0.338 e. The highest BCUT2D eigenvalue weighted by atomic mass is 79.9. The summed E-state index contributed by atoms with van der Waals surface area (Å²) in [6.45, 7) is 6.18. The van der Waals surface area contributed by atoms with E-state index in [9.17, 15) is 9.59 Å². The quantitative estimate of drug-likeness (QED) is 0.422. The number of halogens is 1. The number of ether oxygens (including phenoxy) is 2. The number of allylic oxidation sites excluding steroid dienone is 1. The van der Waals surface area contributed by atoms with Crippen LogP contribution in [0.4, 0.5) is 4.79 Å². The van der Waals surface area contributed by atoms with Crippen molar-refractivity contribution in [3.8, 4) is 0 Å². The zero-order valence-corrected chi connectivity index (χ0v) is 15.9. The Labute approximate surface area is 153 Å². The van der Waals surface area contributed by atoms with E-state index in [0.29, 0.717) is 24.4 Å². The monoisotopic (exact) mass is 414 g/mol. The van der Waals surface area contributed by atoms with Crippen molar-refractivity contribution >= 4 is 39.3 Å². The zero-order valence-electron chi connectivity index (χ0n) is 13.5. The Morgan fingerprint density at radius 2 is 2.29 bits per heavy atom. The van der Waals surface area contributed by atoms with Crippen LogP contribution in [0.3, 0.4) is 0 Å². The van der Waals surface area contributed by atoms with Gasteiger partial charge >= 0.3 is 12.0 Å². The summed E-state index contributed by atoms with van der Waals surface area (Å²) in [7, 11) is 1.54. The number of urea groups is 1. The molecule has 0 saturated heterocycles. The van der Waals surface area contributed by atoms with Gasteiger partial charge in [-0.05, 0) is 28.9 Å². The standard InChI is InChI=1S/C16H19BrN2O4S/c1-4-5-19-10(2)13(15(20)23-7-6-22-3)14(18-16(19)21)12-8-11(17)9-24-12/h4,8-9,14H,1,5-7H2,2-3H3,(H,18,21)/t14-/m1/s1. The molecule has 1 aromatic rings. The molecule has 1 aromatic heterocycles. The normalized spacial score (nSPS) is 17.7. The van der Waals surface area contributed by atoms with Gasteiger partial charge in [0.2, 0.25) is 0 Å². The lowest BCUT2D eigenvalue weighted by atomic mass is 10.0. The number of hydrogen-bond acceptors (Lipinski definition) is 5. The second kappa shape index (κ2) is 8.46. The molecule has 24 heavy (non-hydrogen) atoms. The summed E-state index contributed by atoms with van der Waals surface area (Å²) < 4.78 is 11.1. The van der Waals surface area contributed by atoms with Crippen LogP contribution in [0.2, 0.25) is 0 Å². The third kappa shape index (κ3) is 4.06. The predicted molar refractivity (Wildman–Crippen MR) is 95.7 cm³/mol. The highest BCUT2D eigenvalue weighted by molar-refractivity contribution is 9.10. The van der Waals surface area contributed by atoms with Crippen molar-refractivity contribution in [1.82, 2.24) is 10.2 Å². The minimum Gasteiger partial charge on any atom is -0.460 e. The van der Waals surface area contributed by atoms with E-state index < -0.39 is 12.0 Å². The lowest BCUT2D eigenvalue weighted by Gasteiger charge is -2.34. The second-order valence-corrected chi connectivity index (χ2v) is 6.94. The molecule has 1 aliphatic rings. The summed E-state index contributed by atoms with van der Waals surface area (Å²) in [6.07, 6.45) is 1.61. The van der Waals surface area contributed by atoms with Gasteiger partial charge in [0, 0.05) is 34.1 Å².